The Morgan fingerprint density at radius 1 is 1.37 bits per heavy atom. The van der Waals surface area contributed by atoms with Gasteiger partial charge in [-0.05, 0) is 37.5 Å². The summed E-state index contributed by atoms with van der Waals surface area (Å²) in [6.07, 6.45) is 2.06. The molecule has 102 valence electrons. The SMILES string of the molecule is Cc1ccc(NC(=O)NCC(=O)NC2CC2)cc1Cl. The highest BCUT2D eigenvalue weighted by atomic mass is 35.5. The first-order chi connectivity index (χ1) is 9.04. The summed E-state index contributed by atoms with van der Waals surface area (Å²) in [5.41, 5.74) is 1.53. The van der Waals surface area contributed by atoms with Gasteiger partial charge in [0.25, 0.3) is 0 Å². The van der Waals surface area contributed by atoms with Crippen LogP contribution in [-0.2, 0) is 4.79 Å². The second kappa shape index (κ2) is 5.93. The number of aryl methyl sites for hydroxylation is 1. The maximum absolute atomic E-state index is 11.6. The highest BCUT2D eigenvalue weighted by molar-refractivity contribution is 6.31. The van der Waals surface area contributed by atoms with Crippen molar-refractivity contribution in [1.29, 1.82) is 0 Å². The molecule has 2 rings (SSSR count). The van der Waals surface area contributed by atoms with E-state index in [4.69, 9.17) is 11.6 Å². The molecule has 0 aliphatic heterocycles. The van der Waals surface area contributed by atoms with Crippen molar-refractivity contribution in [3.8, 4) is 0 Å². The summed E-state index contributed by atoms with van der Waals surface area (Å²) in [5, 5.41) is 8.49. The second-order valence-corrected chi connectivity index (χ2v) is 5.02. The Morgan fingerprint density at radius 3 is 2.74 bits per heavy atom. The number of anilines is 1. The molecule has 0 atom stereocenters. The topological polar surface area (TPSA) is 70.2 Å². The Kier molecular flexibility index (Phi) is 4.27. The normalized spacial score (nSPS) is 13.8. The predicted molar refractivity (Wildman–Crippen MR) is 74.4 cm³/mol. The third-order valence-electron chi connectivity index (χ3n) is 2.78. The van der Waals surface area contributed by atoms with E-state index >= 15 is 0 Å². The van der Waals surface area contributed by atoms with Gasteiger partial charge in [0.2, 0.25) is 5.91 Å². The second-order valence-electron chi connectivity index (χ2n) is 4.61. The van der Waals surface area contributed by atoms with E-state index in [1.165, 1.54) is 0 Å². The van der Waals surface area contributed by atoms with E-state index in [9.17, 15) is 9.59 Å². The number of halogens is 1. The highest BCUT2D eigenvalue weighted by Crippen LogP contribution is 2.20. The van der Waals surface area contributed by atoms with Crippen molar-refractivity contribution in [2.75, 3.05) is 11.9 Å². The number of hydrogen-bond acceptors (Lipinski definition) is 2. The molecule has 1 aromatic rings. The van der Waals surface area contributed by atoms with Crippen molar-refractivity contribution in [1.82, 2.24) is 10.6 Å². The van der Waals surface area contributed by atoms with Gasteiger partial charge in [-0.2, -0.15) is 0 Å². The van der Waals surface area contributed by atoms with E-state index in [0.29, 0.717) is 16.8 Å². The van der Waals surface area contributed by atoms with Crippen molar-refractivity contribution in [2.24, 2.45) is 0 Å². The molecule has 1 fully saturated rings. The number of carbonyl (C=O) groups is 2. The van der Waals surface area contributed by atoms with Gasteiger partial charge in [0, 0.05) is 16.8 Å². The van der Waals surface area contributed by atoms with E-state index in [2.05, 4.69) is 16.0 Å². The molecular formula is C13H16ClN3O2. The van der Waals surface area contributed by atoms with Crippen LogP contribution in [0.1, 0.15) is 18.4 Å². The van der Waals surface area contributed by atoms with Crippen LogP contribution in [0.2, 0.25) is 5.02 Å². The largest absolute Gasteiger partial charge is 0.352 e. The summed E-state index contributed by atoms with van der Waals surface area (Å²) >= 11 is 5.95. The fourth-order valence-electron chi connectivity index (χ4n) is 1.51. The number of carbonyl (C=O) groups excluding carboxylic acids is 2. The van der Waals surface area contributed by atoms with E-state index in [-0.39, 0.29) is 12.5 Å². The number of amides is 3. The lowest BCUT2D eigenvalue weighted by molar-refractivity contribution is -0.120. The molecule has 5 nitrogen and oxygen atoms in total. The van der Waals surface area contributed by atoms with Gasteiger partial charge < -0.3 is 16.0 Å². The number of benzene rings is 1. The summed E-state index contributed by atoms with van der Waals surface area (Å²) in [4.78, 5) is 22.9. The molecule has 1 aliphatic rings. The molecule has 0 saturated heterocycles. The van der Waals surface area contributed by atoms with Crippen LogP contribution < -0.4 is 16.0 Å². The van der Waals surface area contributed by atoms with Crippen molar-refractivity contribution in [2.45, 2.75) is 25.8 Å². The van der Waals surface area contributed by atoms with Crippen LogP contribution in [0.25, 0.3) is 0 Å². The summed E-state index contributed by atoms with van der Waals surface area (Å²) in [7, 11) is 0. The molecular weight excluding hydrogens is 266 g/mol. The van der Waals surface area contributed by atoms with Gasteiger partial charge in [-0.1, -0.05) is 17.7 Å². The van der Waals surface area contributed by atoms with Crippen LogP contribution in [0.3, 0.4) is 0 Å². The summed E-state index contributed by atoms with van der Waals surface area (Å²) < 4.78 is 0. The summed E-state index contributed by atoms with van der Waals surface area (Å²) in [5.74, 6) is -0.167. The quantitative estimate of drug-likeness (QED) is 0.790. The molecule has 1 aromatic carbocycles. The lowest BCUT2D eigenvalue weighted by atomic mass is 10.2. The maximum atomic E-state index is 11.6. The van der Waals surface area contributed by atoms with Crippen LogP contribution in [0.4, 0.5) is 10.5 Å². The van der Waals surface area contributed by atoms with Gasteiger partial charge in [-0.3, -0.25) is 4.79 Å². The molecule has 1 saturated carbocycles. The van der Waals surface area contributed by atoms with E-state index < -0.39 is 6.03 Å². The lowest BCUT2D eigenvalue weighted by Crippen LogP contribution is -2.39. The fraction of sp³-hybridized carbons (Fsp3) is 0.385. The Hall–Kier alpha value is -1.75. The molecule has 19 heavy (non-hydrogen) atoms. The Labute approximate surface area is 116 Å². The molecule has 0 spiro atoms. The van der Waals surface area contributed by atoms with Crippen LogP contribution in [0.15, 0.2) is 18.2 Å². The molecule has 0 bridgehead atoms. The minimum Gasteiger partial charge on any atom is -0.352 e. The zero-order valence-electron chi connectivity index (χ0n) is 10.6. The monoisotopic (exact) mass is 281 g/mol. The first-order valence-electron chi connectivity index (χ1n) is 6.15. The van der Waals surface area contributed by atoms with Crippen LogP contribution >= 0.6 is 11.6 Å². The Bertz CT molecular complexity index is 501. The maximum Gasteiger partial charge on any atom is 0.319 e. The van der Waals surface area contributed by atoms with Gasteiger partial charge >= 0.3 is 6.03 Å². The molecule has 6 heteroatoms. The number of rotatable bonds is 4. The molecule has 1 aliphatic carbocycles. The van der Waals surface area contributed by atoms with E-state index in [1.54, 1.807) is 12.1 Å². The standard InChI is InChI=1S/C13H16ClN3O2/c1-8-2-3-10(6-11(8)14)17-13(19)15-7-12(18)16-9-4-5-9/h2-3,6,9H,4-5,7H2,1H3,(H,16,18)(H2,15,17,19). The molecule has 0 radical (unpaired) electrons. The summed E-state index contributed by atoms with van der Waals surface area (Å²) in [6.45, 7) is 1.86. The van der Waals surface area contributed by atoms with Gasteiger partial charge in [-0.25, -0.2) is 4.79 Å². The molecule has 0 unspecified atom stereocenters. The van der Waals surface area contributed by atoms with Crippen molar-refractivity contribution >= 4 is 29.2 Å². The number of urea groups is 1. The first kappa shape index (κ1) is 13.7. The highest BCUT2D eigenvalue weighted by Gasteiger charge is 2.23. The zero-order valence-corrected chi connectivity index (χ0v) is 11.4. The van der Waals surface area contributed by atoms with Gasteiger partial charge in [0.15, 0.2) is 0 Å². The van der Waals surface area contributed by atoms with Crippen LogP contribution in [-0.4, -0.2) is 24.5 Å². The van der Waals surface area contributed by atoms with Crippen molar-refractivity contribution in [3.63, 3.8) is 0 Å². The first-order valence-corrected chi connectivity index (χ1v) is 6.53. The fourth-order valence-corrected chi connectivity index (χ4v) is 1.69. The van der Waals surface area contributed by atoms with Crippen molar-refractivity contribution in [3.05, 3.63) is 28.8 Å². The van der Waals surface area contributed by atoms with Crippen molar-refractivity contribution < 1.29 is 9.59 Å². The average Bonchev–Trinajstić information content (AvgIpc) is 3.15. The van der Waals surface area contributed by atoms with Gasteiger partial charge in [0.05, 0.1) is 6.54 Å². The third kappa shape index (κ3) is 4.44. The van der Waals surface area contributed by atoms with Gasteiger partial charge in [0.1, 0.15) is 0 Å². The van der Waals surface area contributed by atoms with Crippen LogP contribution in [0, 0.1) is 6.92 Å². The molecule has 0 heterocycles. The lowest BCUT2D eigenvalue weighted by Gasteiger charge is -2.08. The van der Waals surface area contributed by atoms with E-state index in [0.717, 1.165) is 18.4 Å². The number of hydrogen-bond donors (Lipinski definition) is 3. The average molecular weight is 282 g/mol. The Morgan fingerprint density at radius 2 is 2.11 bits per heavy atom. The molecule has 3 amide bonds. The molecule has 0 aromatic heterocycles. The molecule has 3 N–H and O–H groups in total. The Balaban J connectivity index is 1.76. The summed E-state index contributed by atoms with van der Waals surface area (Å²) in [6, 6.07) is 5.11. The van der Waals surface area contributed by atoms with Gasteiger partial charge in [-0.15, -0.1) is 0 Å². The minimum atomic E-state index is -0.425. The van der Waals surface area contributed by atoms with E-state index in [1.807, 2.05) is 13.0 Å². The smallest absolute Gasteiger partial charge is 0.319 e. The van der Waals surface area contributed by atoms with Crippen LogP contribution in [0.5, 0.6) is 0 Å². The minimum absolute atomic E-state index is 0.0259. The zero-order chi connectivity index (χ0) is 13.8. The third-order valence-corrected chi connectivity index (χ3v) is 3.19. The number of nitrogens with one attached hydrogen (secondary N) is 3. The predicted octanol–water partition coefficient (Wildman–Crippen LogP) is 2.05.